The Labute approximate surface area is 116 Å². The molecule has 0 saturated carbocycles. The summed E-state index contributed by atoms with van der Waals surface area (Å²) in [7, 11) is 3.20. The van der Waals surface area contributed by atoms with Crippen LogP contribution in [0.2, 0.25) is 0 Å². The lowest BCUT2D eigenvalue weighted by atomic mass is 10.1. The van der Waals surface area contributed by atoms with Gasteiger partial charge in [-0.25, -0.2) is 4.68 Å². The van der Waals surface area contributed by atoms with Crippen LogP contribution in [-0.4, -0.2) is 37.8 Å². The second kappa shape index (κ2) is 5.28. The van der Waals surface area contributed by atoms with Crippen molar-refractivity contribution in [3.8, 4) is 0 Å². The van der Waals surface area contributed by atoms with Crippen LogP contribution >= 0.6 is 0 Å². The van der Waals surface area contributed by atoms with Crippen LogP contribution in [0.1, 0.15) is 27.2 Å². The molecule has 0 aliphatic carbocycles. The van der Waals surface area contributed by atoms with E-state index in [0.29, 0.717) is 17.8 Å². The number of hydrogen-bond acceptors (Lipinski definition) is 4. The van der Waals surface area contributed by atoms with Crippen LogP contribution in [0.3, 0.4) is 0 Å². The van der Waals surface area contributed by atoms with Gasteiger partial charge in [-0.3, -0.25) is 14.7 Å². The summed E-state index contributed by atoms with van der Waals surface area (Å²) >= 11 is 0. The summed E-state index contributed by atoms with van der Waals surface area (Å²) in [4.78, 5) is 26.1. The van der Waals surface area contributed by atoms with Gasteiger partial charge in [-0.1, -0.05) is 0 Å². The van der Waals surface area contributed by atoms with Gasteiger partial charge in [-0.15, -0.1) is 0 Å². The Morgan fingerprint density at radius 1 is 1.45 bits per heavy atom. The van der Waals surface area contributed by atoms with Crippen LogP contribution in [0.5, 0.6) is 0 Å². The predicted octanol–water partition coefficient (Wildman–Crippen LogP) is 0.392. The summed E-state index contributed by atoms with van der Waals surface area (Å²) in [6.45, 7) is 3.91. The first-order chi connectivity index (χ1) is 9.41. The van der Waals surface area contributed by atoms with Crippen LogP contribution in [0, 0.1) is 13.8 Å². The van der Waals surface area contributed by atoms with Crippen molar-refractivity contribution in [1.82, 2.24) is 24.9 Å². The third kappa shape index (κ3) is 2.47. The van der Waals surface area contributed by atoms with E-state index in [2.05, 4.69) is 15.3 Å². The predicted molar refractivity (Wildman–Crippen MR) is 73.3 cm³/mol. The molecule has 2 aromatic heterocycles. The van der Waals surface area contributed by atoms with Gasteiger partial charge >= 0.3 is 0 Å². The van der Waals surface area contributed by atoms with Crippen molar-refractivity contribution < 1.29 is 4.79 Å². The minimum absolute atomic E-state index is 0.172. The quantitative estimate of drug-likeness (QED) is 0.878. The van der Waals surface area contributed by atoms with Crippen LogP contribution in [-0.2, 0) is 13.6 Å². The molecule has 0 fully saturated rings. The molecule has 20 heavy (non-hydrogen) atoms. The van der Waals surface area contributed by atoms with Crippen molar-refractivity contribution in [3.05, 3.63) is 45.1 Å². The number of carbonyl (C=O) groups is 1. The number of carbonyl (C=O) groups excluding carboxylic acids is 1. The number of aromatic amines is 1. The van der Waals surface area contributed by atoms with Gasteiger partial charge in [0, 0.05) is 32.4 Å². The molecule has 2 heterocycles. The SMILES string of the molecule is Cc1nn(C)c(=O)c(C(=O)N(C)Cc2cn[nH]c2)c1C. The number of aromatic nitrogens is 4. The van der Waals surface area contributed by atoms with Crippen molar-refractivity contribution in [2.45, 2.75) is 20.4 Å². The molecular weight excluding hydrogens is 258 g/mol. The molecule has 0 bridgehead atoms. The standard InChI is InChI=1S/C13H17N5O2/c1-8-9(2)16-18(4)13(20)11(8)12(19)17(3)7-10-5-14-15-6-10/h5-6H,7H2,1-4H3,(H,14,15). The van der Waals surface area contributed by atoms with Crippen LogP contribution in [0.4, 0.5) is 0 Å². The Morgan fingerprint density at radius 3 is 2.75 bits per heavy atom. The van der Waals surface area contributed by atoms with E-state index in [4.69, 9.17) is 0 Å². The average molecular weight is 275 g/mol. The normalized spacial score (nSPS) is 10.6. The fourth-order valence-corrected chi connectivity index (χ4v) is 2.00. The van der Waals surface area contributed by atoms with Crippen molar-refractivity contribution in [1.29, 1.82) is 0 Å². The van der Waals surface area contributed by atoms with Crippen molar-refractivity contribution in [2.75, 3.05) is 7.05 Å². The number of nitrogens with one attached hydrogen (secondary N) is 1. The van der Waals surface area contributed by atoms with Crippen molar-refractivity contribution in [2.24, 2.45) is 7.05 Å². The van der Waals surface area contributed by atoms with Gasteiger partial charge in [0.2, 0.25) is 0 Å². The highest BCUT2D eigenvalue weighted by molar-refractivity contribution is 5.95. The number of hydrogen-bond donors (Lipinski definition) is 1. The van der Waals surface area contributed by atoms with E-state index >= 15 is 0 Å². The van der Waals surface area contributed by atoms with E-state index < -0.39 is 0 Å². The van der Waals surface area contributed by atoms with Crippen LogP contribution in [0.25, 0.3) is 0 Å². The van der Waals surface area contributed by atoms with E-state index in [-0.39, 0.29) is 17.0 Å². The van der Waals surface area contributed by atoms with Gasteiger partial charge in [0.1, 0.15) is 5.56 Å². The molecule has 1 amide bonds. The Kier molecular flexibility index (Phi) is 3.69. The minimum atomic E-state index is -0.378. The summed E-state index contributed by atoms with van der Waals surface area (Å²) in [5.74, 6) is -0.310. The van der Waals surface area contributed by atoms with Gasteiger partial charge in [0.05, 0.1) is 11.9 Å². The maximum Gasteiger partial charge on any atom is 0.279 e. The zero-order valence-corrected chi connectivity index (χ0v) is 12.0. The summed E-state index contributed by atoms with van der Waals surface area (Å²) < 4.78 is 1.20. The second-order valence-corrected chi connectivity index (χ2v) is 4.78. The first-order valence-electron chi connectivity index (χ1n) is 6.19. The number of rotatable bonds is 3. The topological polar surface area (TPSA) is 83.9 Å². The van der Waals surface area contributed by atoms with Gasteiger partial charge in [-0.2, -0.15) is 10.2 Å². The highest BCUT2D eigenvalue weighted by atomic mass is 16.2. The first kappa shape index (κ1) is 14.0. The molecule has 0 aromatic carbocycles. The fraction of sp³-hybridized carbons (Fsp3) is 0.385. The zero-order chi connectivity index (χ0) is 14.9. The third-order valence-corrected chi connectivity index (χ3v) is 3.26. The number of amides is 1. The smallest absolute Gasteiger partial charge is 0.279 e. The molecule has 0 radical (unpaired) electrons. The molecule has 0 aliphatic heterocycles. The van der Waals surface area contributed by atoms with Gasteiger partial charge in [0.15, 0.2) is 0 Å². The average Bonchev–Trinajstić information content (AvgIpc) is 2.89. The van der Waals surface area contributed by atoms with E-state index in [9.17, 15) is 9.59 Å². The molecule has 7 heteroatoms. The summed E-state index contributed by atoms with van der Waals surface area (Å²) in [5, 5.41) is 10.6. The second-order valence-electron chi connectivity index (χ2n) is 4.78. The maximum atomic E-state index is 12.5. The largest absolute Gasteiger partial charge is 0.337 e. The summed E-state index contributed by atoms with van der Waals surface area (Å²) in [6.07, 6.45) is 3.36. The molecular formula is C13H17N5O2. The van der Waals surface area contributed by atoms with Gasteiger partial charge < -0.3 is 4.90 Å². The molecule has 0 aliphatic rings. The Hall–Kier alpha value is -2.44. The molecule has 0 spiro atoms. The van der Waals surface area contributed by atoms with E-state index in [1.54, 1.807) is 40.3 Å². The zero-order valence-electron chi connectivity index (χ0n) is 12.0. The molecule has 0 unspecified atom stereocenters. The highest BCUT2D eigenvalue weighted by Crippen LogP contribution is 2.10. The third-order valence-electron chi connectivity index (χ3n) is 3.26. The van der Waals surface area contributed by atoms with E-state index in [1.165, 1.54) is 9.58 Å². The molecule has 0 atom stereocenters. The lowest BCUT2D eigenvalue weighted by Crippen LogP contribution is -2.36. The van der Waals surface area contributed by atoms with Crippen molar-refractivity contribution in [3.63, 3.8) is 0 Å². The number of H-pyrrole nitrogens is 1. The molecule has 7 nitrogen and oxygen atoms in total. The Balaban J connectivity index is 2.36. The maximum absolute atomic E-state index is 12.5. The molecule has 2 rings (SSSR count). The fourth-order valence-electron chi connectivity index (χ4n) is 2.00. The summed E-state index contributed by atoms with van der Waals surface area (Å²) in [5.41, 5.74) is 1.97. The monoisotopic (exact) mass is 275 g/mol. The summed E-state index contributed by atoms with van der Waals surface area (Å²) in [6, 6.07) is 0. The minimum Gasteiger partial charge on any atom is -0.337 e. The highest BCUT2D eigenvalue weighted by Gasteiger charge is 2.21. The van der Waals surface area contributed by atoms with Gasteiger partial charge in [-0.05, 0) is 19.4 Å². The molecule has 106 valence electrons. The van der Waals surface area contributed by atoms with E-state index in [0.717, 1.165) is 5.56 Å². The van der Waals surface area contributed by atoms with Crippen LogP contribution in [0.15, 0.2) is 17.2 Å². The van der Waals surface area contributed by atoms with E-state index in [1.807, 2.05) is 0 Å². The lowest BCUT2D eigenvalue weighted by molar-refractivity contribution is 0.0781. The molecule has 0 saturated heterocycles. The van der Waals surface area contributed by atoms with Gasteiger partial charge in [0.25, 0.3) is 11.5 Å². The van der Waals surface area contributed by atoms with Crippen molar-refractivity contribution >= 4 is 5.91 Å². The van der Waals surface area contributed by atoms with Crippen LogP contribution < -0.4 is 5.56 Å². The Bertz CT molecular complexity index is 688. The lowest BCUT2D eigenvalue weighted by Gasteiger charge is -2.18. The number of aryl methyl sites for hydroxylation is 2. The molecule has 1 N–H and O–H groups in total. The molecule has 2 aromatic rings. The number of nitrogens with zero attached hydrogens (tertiary/aromatic N) is 4. The first-order valence-corrected chi connectivity index (χ1v) is 6.19. The Morgan fingerprint density at radius 2 is 2.15 bits per heavy atom.